The number of rotatable bonds is 5. The smallest absolute Gasteiger partial charge is 0.163 e. The lowest BCUT2D eigenvalue weighted by Gasteiger charge is -2.23. The second-order valence-corrected chi connectivity index (χ2v) is 8.24. The Morgan fingerprint density at radius 2 is 1.57 bits per heavy atom. The van der Waals surface area contributed by atoms with E-state index in [4.69, 9.17) is 4.74 Å². The molecule has 0 spiro atoms. The Bertz CT molecular complexity index is 458. The van der Waals surface area contributed by atoms with Gasteiger partial charge in [-0.2, -0.15) is 0 Å². The number of carbonyl (C=O) groups is 1. The van der Waals surface area contributed by atoms with Gasteiger partial charge in [0.25, 0.3) is 0 Å². The normalized spacial score (nSPS) is 13.9. The SMILES string of the molecule is CC(CC(=O)c1ccc(OC(C)(C)C)cc1)CC(C)(C)C. The summed E-state index contributed by atoms with van der Waals surface area (Å²) in [7, 11) is 0. The van der Waals surface area contributed by atoms with Gasteiger partial charge in [-0.15, -0.1) is 0 Å². The van der Waals surface area contributed by atoms with Gasteiger partial charge in [0.15, 0.2) is 5.78 Å². The second-order valence-electron chi connectivity index (χ2n) is 8.24. The molecule has 118 valence electrons. The minimum atomic E-state index is -0.216. The van der Waals surface area contributed by atoms with Crippen molar-refractivity contribution in [1.29, 1.82) is 0 Å². The Kier molecular flexibility index (Phi) is 5.61. The van der Waals surface area contributed by atoms with Crippen LogP contribution in [-0.2, 0) is 0 Å². The van der Waals surface area contributed by atoms with Gasteiger partial charge in [-0.3, -0.25) is 4.79 Å². The number of ether oxygens (including phenoxy) is 1. The number of hydrogen-bond acceptors (Lipinski definition) is 2. The molecule has 0 fully saturated rings. The summed E-state index contributed by atoms with van der Waals surface area (Å²) in [6.07, 6.45) is 1.67. The van der Waals surface area contributed by atoms with Crippen LogP contribution in [0.4, 0.5) is 0 Å². The van der Waals surface area contributed by atoms with Crippen LogP contribution in [0.2, 0.25) is 0 Å². The molecule has 1 aromatic rings. The Morgan fingerprint density at radius 3 is 2.00 bits per heavy atom. The molecule has 0 amide bonds. The fourth-order valence-corrected chi connectivity index (χ4v) is 2.61. The van der Waals surface area contributed by atoms with Crippen LogP contribution in [0, 0.1) is 11.3 Å². The molecule has 0 saturated heterocycles. The van der Waals surface area contributed by atoms with E-state index in [1.165, 1.54) is 0 Å². The lowest BCUT2D eigenvalue weighted by atomic mass is 9.83. The first-order valence-corrected chi connectivity index (χ1v) is 7.78. The molecule has 2 nitrogen and oxygen atoms in total. The molecular formula is C19H30O2. The fraction of sp³-hybridized carbons (Fsp3) is 0.632. The van der Waals surface area contributed by atoms with Crippen molar-refractivity contribution in [2.45, 2.75) is 66.9 Å². The Balaban J connectivity index is 2.63. The highest BCUT2D eigenvalue weighted by atomic mass is 16.5. The van der Waals surface area contributed by atoms with Crippen molar-refractivity contribution in [2.24, 2.45) is 11.3 Å². The molecule has 0 aliphatic heterocycles. The predicted molar refractivity (Wildman–Crippen MR) is 89.0 cm³/mol. The van der Waals surface area contributed by atoms with Gasteiger partial charge in [0.1, 0.15) is 11.4 Å². The van der Waals surface area contributed by atoms with Crippen LogP contribution in [0.1, 0.15) is 71.7 Å². The molecule has 0 heterocycles. The van der Waals surface area contributed by atoms with E-state index in [-0.39, 0.29) is 16.8 Å². The molecular weight excluding hydrogens is 260 g/mol. The molecule has 0 aliphatic carbocycles. The molecule has 0 aromatic heterocycles. The quantitative estimate of drug-likeness (QED) is 0.668. The molecule has 0 radical (unpaired) electrons. The maximum atomic E-state index is 12.3. The van der Waals surface area contributed by atoms with Crippen molar-refractivity contribution in [1.82, 2.24) is 0 Å². The van der Waals surface area contributed by atoms with E-state index in [0.717, 1.165) is 17.7 Å². The highest BCUT2D eigenvalue weighted by Crippen LogP contribution is 2.27. The monoisotopic (exact) mass is 290 g/mol. The van der Waals surface area contributed by atoms with Crippen molar-refractivity contribution < 1.29 is 9.53 Å². The van der Waals surface area contributed by atoms with Crippen LogP contribution in [0.5, 0.6) is 5.75 Å². The van der Waals surface area contributed by atoms with E-state index in [1.807, 2.05) is 45.0 Å². The zero-order valence-corrected chi connectivity index (χ0v) is 14.6. The molecule has 0 bridgehead atoms. The summed E-state index contributed by atoms with van der Waals surface area (Å²) < 4.78 is 5.77. The number of ketones is 1. The van der Waals surface area contributed by atoms with Gasteiger partial charge in [-0.05, 0) is 62.8 Å². The van der Waals surface area contributed by atoms with Gasteiger partial charge < -0.3 is 4.74 Å². The molecule has 1 rings (SSSR count). The first-order valence-electron chi connectivity index (χ1n) is 7.78. The van der Waals surface area contributed by atoms with E-state index in [1.54, 1.807) is 0 Å². The van der Waals surface area contributed by atoms with Crippen LogP contribution in [0.15, 0.2) is 24.3 Å². The molecule has 0 N–H and O–H groups in total. The van der Waals surface area contributed by atoms with Gasteiger partial charge in [0, 0.05) is 12.0 Å². The topological polar surface area (TPSA) is 26.3 Å². The van der Waals surface area contributed by atoms with Gasteiger partial charge in [0.05, 0.1) is 0 Å². The van der Waals surface area contributed by atoms with Crippen molar-refractivity contribution in [3.05, 3.63) is 29.8 Å². The third-order valence-electron chi connectivity index (χ3n) is 3.10. The van der Waals surface area contributed by atoms with Crippen molar-refractivity contribution in [3.8, 4) is 5.75 Å². The standard InChI is InChI=1S/C19H30O2/c1-14(13-18(2,3)4)12-17(20)15-8-10-16(11-9-15)21-19(5,6)7/h8-11,14H,12-13H2,1-7H3. The van der Waals surface area contributed by atoms with Crippen molar-refractivity contribution in [2.75, 3.05) is 0 Å². The molecule has 1 atom stereocenters. The van der Waals surface area contributed by atoms with Gasteiger partial charge in [0.2, 0.25) is 0 Å². The fourth-order valence-electron chi connectivity index (χ4n) is 2.61. The largest absolute Gasteiger partial charge is 0.488 e. The zero-order valence-electron chi connectivity index (χ0n) is 14.6. The minimum absolute atomic E-state index is 0.216. The third-order valence-corrected chi connectivity index (χ3v) is 3.10. The maximum absolute atomic E-state index is 12.3. The number of Topliss-reactive ketones (excluding diaryl/α,β-unsaturated/α-hetero) is 1. The summed E-state index contributed by atoms with van der Waals surface area (Å²) in [4.78, 5) is 12.3. The maximum Gasteiger partial charge on any atom is 0.163 e. The van der Waals surface area contributed by atoms with E-state index >= 15 is 0 Å². The summed E-state index contributed by atoms with van der Waals surface area (Å²) in [5.41, 5.74) is 0.827. The van der Waals surface area contributed by atoms with E-state index in [2.05, 4.69) is 27.7 Å². The Morgan fingerprint density at radius 1 is 1.05 bits per heavy atom. The van der Waals surface area contributed by atoms with Gasteiger partial charge in [-0.1, -0.05) is 27.7 Å². The van der Waals surface area contributed by atoms with Crippen LogP contribution >= 0.6 is 0 Å². The average molecular weight is 290 g/mol. The van der Waals surface area contributed by atoms with E-state index < -0.39 is 0 Å². The lowest BCUT2D eigenvalue weighted by molar-refractivity contribution is 0.0954. The van der Waals surface area contributed by atoms with Crippen LogP contribution in [0.25, 0.3) is 0 Å². The Labute approximate surface area is 129 Å². The number of hydrogen-bond donors (Lipinski definition) is 0. The van der Waals surface area contributed by atoms with E-state index in [9.17, 15) is 4.79 Å². The molecule has 1 unspecified atom stereocenters. The summed E-state index contributed by atoms with van der Waals surface area (Å²) in [5, 5.41) is 0. The number of carbonyl (C=O) groups excluding carboxylic acids is 1. The van der Waals surface area contributed by atoms with Gasteiger partial charge >= 0.3 is 0 Å². The van der Waals surface area contributed by atoms with Gasteiger partial charge in [-0.25, -0.2) is 0 Å². The first kappa shape index (κ1) is 17.7. The first-order chi connectivity index (χ1) is 9.46. The molecule has 0 aliphatic rings. The van der Waals surface area contributed by atoms with Crippen LogP contribution in [0.3, 0.4) is 0 Å². The number of benzene rings is 1. The molecule has 1 aromatic carbocycles. The lowest BCUT2D eigenvalue weighted by Crippen LogP contribution is -2.22. The summed E-state index contributed by atoms with van der Waals surface area (Å²) in [6.45, 7) is 14.8. The predicted octanol–water partition coefficient (Wildman–Crippen LogP) is 5.51. The zero-order chi connectivity index (χ0) is 16.3. The van der Waals surface area contributed by atoms with Crippen LogP contribution < -0.4 is 4.74 Å². The summed E-state index contributed by atoms with van der Waals surface area (Å²) >= 11 is 0. The highest BCUT2D eigenvalue weighted by Gasteiger charge is 2.18. The highest BCUT2D eigenvalue weighted by molar-refractivity contribution is 5.96. The Hall–Kier alpha value is -1.31. The molecule has 0 saturated carbocycles. The minimum Gasteiger partial charge on any atom is -0.488 e. The third kappa shape index (κ3) is 7.31. The molecule has 21 heavy (non-hydrogen) atoms. The van der Waals surface area contributed by atoms with Crippen LogP contribution in [-0.4, -0.2) is 11.4 Å². The van der Waals surface area contributed by atoms with Crippen molar-refractivity contribution in [3.63, 3.8) is 0 Å². The van der Waals surface area contributed by atoms with E-state index in [0.29, 0.717) is 12.3 Å². The average Bonchev–Trinajstić information content (AvgIpc) is 2.24. The molecule has 2 heteroatoms. The summed E-state index contributed by atoms with van der Waals surface area (Å²) in [6, 6.07) is 7.50. The summed E-state index contributed by atoms with van der Waals surface area (Å²) in [5.74, 6) is 1.43. The second kappa shape index (κ2) is 6.64. The van der Waals surface area contributed by atoms with Crippen molar-refractivity contribution >= 4 is 5.78 Å².